The summed E-state index contributed by atoms with van der Waals surface area (Å²) in [7, 11) is 5.00. The number of likely N-dealkylation sites (N-methyl/N-ethyl adjacent to an activating group) is 1. The maximum Gasteiger partial charge on any atom is 0.257 e. The first-order chi connectivity index (χ1) is 9.47. The molecule has 104 valence electrons. The smallest absolute Gasteiger partial charge is 0.257 e. The van der Waals surface area contributed by atoms with E-state index >= 15 is 0 Å². The minimum Gasteiger partial charge on any atom is -0.504 e. The largest absolute Gasteiger partial charge is 0.504 e. The van der Waals surface area contributed by atoms with Crippen LogP contribution in [0.2, 0.25) is 0 Å². The molecular formula is C15H16N2O3. The van der Waals surface area contributed by atoms with Crippen LogP contribution in [0.25, 0.3) is 16.5 Å². The van der Waals surface area contributed by atoms with Crippen molar-refractivity contribution in [2.24, 2.45) is 7.05 Å². The summed E-state index contributed by atoms with van der Waals surface area (Å²) in [5.41, 5.74) is 1.48. The number of aliphatic hydroxyl groups excluding tert-OH is 1. The molecule has 5 heteroatoms. The van der Waals surface area contributed by atoms with Crippen LogP contribution in [0, 0.1) is 0 Å². The van der Waals surface area contributed by atoms with Gasteiger partial charge in [-0.2, -0.15) is 0 Å². The molecule has 0 unspecified atom stereocenters. The lowest BCUT2D eigenvalue weighted by atomic mass is 10.0. The van der Waals surface area contributed by atoms with Gasteiger partial charge < -0.3 is 14.6 Å². The fraction of sp³-hybridized carbons (Fsp3) is 0.200. The van der Waals surface area contributed by atoms with Crippen LogP contribution >= 0.6 is 0 Å². The van der Waals surface area contributed by atoms with Gasteiger partial charge in [-0.25, -0.2) is 0 Å². The summed E-state index contributed by atoms with van der Waals surface area (Å²) in [5.74, 6) is -0.967. The number of nitrogens with zero attached hydrogens (tertiary/aromatic N) is 2. The minimum absolute atomic E-state index is 0.0156. The highest BCUT2D eigenvalue weighted by Crippen LogP contribution is 2.28. The van der Waals surface area contributed by atoms with Crippen molar-refractivity contribution in [2.45, 2.75) is 0 Å². The molecule has 2 rings (SSSR count). The van der Waals surface area contributed by atoms with Gasteiger partial charge in [0.15, 0.2) is 12.0 Å². The SMILES string of the molecule is CN(C)C(=O)/C(=C(/O)C=O)c1cn(C)c2ccccc12. The third kappa shape index (κ3) is 2.18. The number of aryl methyl sites for hydroxylation is 1. The van der Waals surface area contributed by atoms with Crippen molar-refractivity contribution in [3.8, 4) is 0 Å². The number of allylic oxidation sites excluding steroid dienone is 1. The standard InChI is InChI=1S/C15H16N2O3/c1-16(2)15(20)14(13(19)9-18)11-8-17(3)12-7-5-4-6-10(11)12/h4-9,19H,1-3H3/b14-13+. The molecule has 20 heavy (non-hydrogen) atoms. The Hall–Kier alpha value is -2.56. The number of amides is 1. The molecule has 0 atom stereocenters. The minimum atomic E-state index is -0.556. The van der Waals surface area contributed by atoms with Gasteiger partial charge in [0.2, 0.25) is 0 Å². The topological polar surface area (TPSA) is 62.5 Å². The van der Waals surface area contributed by atoms with E-state index in [0.29, 0.717) is 11.8 Å². The Kier molecular flexibility index (Phi) is 3.61. The molecule has 0 spiro atoms. The summed E-state index contributed by atoms with van der Waals surface area (Å²) >= 11 is 0. The molecule has 1 aromatic carbocycles. The van der Waals surface area contributed by atoms with Crippen LogP contribution in [-0.4, -0.2) is 40.9 Å². The Morgan fingerprint density at radius 1 is 1.30 bits per heavy atom. The first-order valence-corrected chi connectivity index (χ1v) is 6.12. The molecule has 0 radical (unpaired) electrons. The summed E-state index contributed by atoms with van der Waals surface area (Å²) in [6, 6.07) is 7.50. The maximum atomic E-state index is 12.2. The van der Waals surface area contributed by atoms with E-state index in [2.05, 4.69) is 0 Å². The maximum absolute atomic E-state index is 12.2. The molecule has 1 heterocycles. The lowest BCUT2D eigenvalue weighted by Gasteiger charge is -2.13. The van der Waals surface area contributed by atoms with E-state index < -0.39 is 11.7 Å². The molecule has 1 N–H and O–H groups in total. The third-order valence-corrected chi connectivity index (χ3v) is 3.15. The van der Waals surface area contributed by atoms with E-state index in [-0.39, 0.29) is 5.57 Å². The molecule has 1 aromatic heterocycles. The van der Waals surface area contributed by atoms with Gasteiger partial charge in [0.05, 0.1) is 5.57 Å². The van der Waals surface area contributed by atoms with Gasteiger partial charge in [0, 0.05) is 43.8 Å². The van der Waals surface area contributed by atoms with Gasteiger partial charge in [-0.15, -0.1) is 0 Å². The molecule has 0 saturated heterocycles. The van der Waals surface area contributed by atoms with Gasteiger partial charge in [0.1, 0.15) is 0 Å². The zero-order valence-electron chi connectivity index (χ0n) is 11.6. The highest BCUT2D eigenvalue weighted by molar-refractivity contribution is 6.25. The quantitative estimate of drug-likeness (QED) is 0.526. The first-order valence-electron chi connectivity index (χ1n) is 6.12. The Labute approximate surface area is 116 Å². The van der Waals surface area contributed by atoms with Gasteiger partial charge in [-0.1, -0.05) is 18.2 Å². The summed E-state index contributed by atoms with van der Waals surface area (Å²) in [4.78, 5) is 24.5. The number of carbonyl (C=O) groups excluding carboxylic acids is 2. The van der Waals surface area contributed by atoms with Crippen molar-refractivity contribution in [3.05, 3.63) is 41.8 Å². The molecule has 2 aromatic rings. The average Bonchev–Trinajstić information content (AvgIpc) is 2.76. The number of aliphatic hydroxyl groups is 1. The average molecular weight is 272 g/mol. The van der Waals surface area contributed by atoms with Crippen molar-refractivity contribution in [1.29, 1.82) is 0 Å². The second-order valence-electron chi connectivity index (χ2n) is 4.75. The Morgan fingerprint density at radius 2 is 1.95 bits per heavy atom. The lowest BCUT2D eigenvalue weighted by molar-refractivity contribution is -0.123. The number of hydrogen-bond acceptors (Lipinski definition) is 3. The zero-order valence-corrected chi connectivity index (χ0v) is 11.6. The lowest BCUT2D eigenvalue weighted by Crippen LogP contribution is -2.24. The number of para-hydroxylation sites is 1. The first kappa shape index (κ1) is 13.9. The molecule has 0 bridgehead atoms. The van der Waals surface area contributed by atoms with Crippen LogP contribution in [0.4, 0.5) is 0 Å². The van der Waals surface area contributed by atoms with E-state index in [1.54, 1.807) is 20.3 Å². The molecule has 5 nitrogen and oxygen atoms in total. The van der Waals surface area contributed by atoms with Crippen molar-refractivity contribution in [3.63, 3.8) is 0 Å². The number of carbonyl (C=O) groups is 2. The van der Waals surface area contributed by atoms with Crippen molar-refractivity contribution < 1.29 is 14.7 Å². The monoisotopic (exact) mass is 272 g/mol. The second-order valence-corrected chi connectivity index (χ2v) is 4.75. The van der Waals surface area contributed by atoms with Gasteiger partial charge in [-0.05, 0) is 6.07 Å². The fourth-order valence-electron chi connectivity index (χ4n) is 2.19. The van der Waals surface area contributed by atoms with E-state index in [9.17, 15) is 14.7 Å². The predicted molar refractivity (Wildman–Crippen MR) is 77.2 cm³/mol. The molecule has 0 fully saturated rings. The number of hydrogen-bond donors (Lipinski definition) is 1. The molecule has 0 aliphatic heterocycles. The van der Waals surface area contributed by atoms with Gasteiger partial charge in [-0.3, -0.25) is 9.59 Å². The summed E-state index contributed by atoms with van der Waals surface area (Å²) in [6.45, 7) is 0. The Balaban J connectivity index is 2.77. The molecule has 1 amide bonds. The number of aldehydes is 1. The van der Waals surface area contributed by atoms with Gasteiger partial charge >= 0.3 is 0 Å². The van der Waals surface area contributed by atoms with Crippen LogP contribution in [0.1, 0.15) is 5.56 Å². The number of benzene rings is 1. The summed E-state index contributed by atoms with van der Waals surface area (Å²) < 4.78 is 1.85. The second kappa shape index (κ2) is 5.21. The van der Waals surface area contributed by atoms with Crippen LogP contribution in [0.15, 0.2) is 36.2 Å². The molecule has 0 aliphatic carbocycles. The molecular weight excluding hydrogens is 256 g/mol. The predicted octanol–water partition coefficient (Wildman–Crippen LogP) is 1.73. The van der Waals surface area contributed by atoms with Gasteiger partial charge in [0.25, 0.3) is 5.91 Å². The number of fused-ring (bicyclic) bond motifs is 1. The third-order valence-electron chi connectivity index (χ3n) is 3.15. The van der Waals surface area contributed by atoms with E-state index in [4.69, 9.17) is 0 Å². The summed E-state index contributed by atoms with van der Waals surface area (Å²) in [6.07, 6.45) is 2.03. The summed E-state index contributed by atoms with van der Waals surface area (Å²) in [5, 5.41) is 10.6. The van der Waals surface area contributed by atoms with E-state index in [1.807, 2.05) is 35.9 Å². The van der Waals surface area contributed by atoms with Crippen LogP contribution in [0.5, 0.6) is 0 Å². The number of aromatic nitrogens is 1. The molecule has 0 aliphatic rings. The zero-order chi connectivity index (χ0) is 14.9. The fourth-order valence-corrected chi connectivity index (χ4v) is 2.19. The van der Waals surface area contributed by atoms with Crippen molar-refractivity contribution in [2.75, 3.05) is 14.1 Å². The van der Waals surface area contributed by atoms with Crippen molar-refractivity contribution >= 4 is 28.7 Å². The Morgan fingerprint density at radius 3 is 2.55 bits per heavy atom. The van der Waals surface area contributed by atoms with Crippen molar-refractivity contribution in [1.82, 2.24) is 9.47 Å². The van der Waals surface area contributed by atoms with E-state index in [0.717, 1.165) is 10.9 Å². The van der Waals surface area contributed by atoms with Crippen LogP contribution in [0.3, 0.4) is 0 Å². The highest BCUT2D eigenvalue weighted by atomic mass is 16.3. The Bertz CT molecular complexity index is 711. The van der Waals surface area contributed by atoms with Crippen LogP contribution in [-0.2, 0) is 16.6 Å². The highest BCUT2D eigenvalue weighted by Gasteiger charge is 2.22. The molecule has 0 saturated carbocycles. The van der Waals surface area contributed by atoms with E-state index in [1.165, 1.54) is 4.90 Å². The van der Waals surface area contributed by atoms with Crippen LogP contribution < -0.4 is 0 Å². The normalized spacial score (nSPS) is 12.2. The number of rotatable bonds is 3.